The molecule has 1 aliphatic rings. The van der Waals surface area contributed by atoms with Crippen LogP contribution >= 0.6 is 0 Å². The summed E-state index contributed by atoms with van der Waals surface area (Å²) in [5.74, 6) is 0.277. The minimum atomic E-state index is 0.162. The molecule has 1 atom stereocenters. The lowest BCUT2D eigenvalue weighted by atomic mass is 9.98. The Balaban J connectivity index is 1.99. The van der Waals surface area contributed by atoms with E-state index < -0.39 is 0 Å². The number of fused-ring (bicyclic) bond motifs is 3. The molecule has 1 aliphatic heterocycles. The van der Waals surface area contributed by atoms with Crippen LogP contribution in [0.4, 0.5) is 0 Å². The summed E-state index contributed by atoms with van der Waals surface area (Å²) in [6, 6.07) is 8.57. The van der Waals surface area contributed by atoms with E-state index in [1.54, 1.807) is 0 Å². The van der Waals surface area contributed by atoms with Crippen LogP contribution in [0.2, 0.25) is 0 Å². The number of H-pyrrole nitrogens is 1. The Kier molecular flexibility index (Phi) is 3.05. The fraction of sp³-hybridized carbons (Fsp3) is 0.438. The van der Waals surface area contributed by atoms with Crippen LogP contribution in [0.1, 0.15) is 44.0 Å². The van der Waals surface area contributed by atoms with Crippen molar-refractivity contribution >= 4 is 16.8 Å². The number of hydrogen-bond acceptors (Lipinski definition) is 1. The number of rotatable bonds is 2. The first-order chi connectivity index (χ1) is 9.22. The highest BCUT2D eigenvalue weighted by atomic mass is 16.2. The Morgan fingerprint density at radius 2 is 2.21 bits per heavy atom. The van der Waals surface area contributed by atoms with Crippen LogP contribution in [0.3, 0.4) is 0 Å². The van der Waals surface area contributed by atoms with Gasteiger partial charge >= 0.3 is 0 Å². The summed E-state index contributed by atoms with van der Waals surface area (Å²) in [6.45, 7) is 5.02. The van der Waals surface area contributed by atoms with Gasteiger partial charge in [-0.15, -0.1) is 0 Å². The van der Waals surface area contributed by atoms with Gasteiger partial charge < -0.3 is 9.88 Å². The number of hydrogen-bond donors (Lipinski definition) is 1. The normalized spacial score (nSPS) is 18.6. The van der Waals surface area contributed by atoms with Crippen LogP contribution in [0.5, 0.6) is 0 Å². The van der Waals surface area contributed by atoms with Gasteiger partial charge in [-0.1, -0.05) is 25.1 Å². The second-order valence-corrected chi connectivity index (χ2v) is 5.33. The summed E-state index contributed by atoms with van der Waals surface area (Å²) in [5, 5.41) is 1.31. The van der Waals surface area contributed by atoms with Crippen LogP contribution in [0.15, 0.2) is 24.3 Å². The lowest BCUT2D eigenvalue weighted by Gasteiger charge is -2.33. The minimum absolute atomic E-state index is 0.162. The molecule has 0 radical (unpaired) electrons. The third kappa shape index (κ3) is 1.93. The molecule has 1 aromatic heterocycles. The van der Waals surface area contributed by atoms with E-state index in [-0.39, 0.29) is 11.9 Å². The second-order valence-electron chi connectivity index (χ2n) is 5.33. The van der Waals surface area contributed by atoms with Crippen molar-refractivity contribution in [1.82, 2.24) is 9.88 Å². The highest BCUT2D eigenvalue weighted by Gasteiger charge is 2.29. The van der Waals surface area contributed by atoms with Gasteiger partial charge in [0.2, 0.25) is 5.91 Å². The predicted octanol–water partition coefficient (Wildman–Crippen LogP) is 3.41. The van der Waals surface area contributed by atoms with Crippen LogP contribution in [0.25, 0.3) is 10.9 Å². The van der Waals surface area contributed by atoms with Crippen molar-refractivity contribution in [3.63, 3.8) is 0 Å². The number of para-hydroxylation sites is 1. The van der Waals surface area contributed by atoms with E-state index in [2.05, 4.69) is 43.1 Å². The van der Waals surface area contributed by atoms with Crippen LogP contribution in [0, 0.1) is 0 Å². The van der Waals surface area contributed by atoms with Gasteiger partial charge in [0.05, 0.1) is 6.04 Å². The van der Waals surface area contributed by atoms with Gasteiger partial charge in [-0.2, -0.15) is 0 Å². The van der Waals surface area contributed by atoms with Crippen molar-refractivity contribution in [2.24, 2.45) is 0 Å². The van der Waals surface area contributed by atoms with Gasteiger partial charge in [-0.05, 0) is 31.4 Å². The molecule has 2 aromatic rings. The molecule has 0 aliphatic carbocycles. The first-order valence-electron chi connectivity index (χ1n) is 7.11. The van der Waals surface area contributed by atoms with Crippen molar-refractivity contribution < 1.29 is 4.79 Å². The first kappa shape index (κ1) is 12.3. The average molecular weight is 256 g/mol. The molecule has 19 heavy (non-hydrogen) atoms. The molecule has 1 aromatic carbocycles. The number of carbonyl (C=O) groups is 1. The summed E-state index contributed by atoms with van der Waals surface area (Å²) in [6.07, 6.45) is 2.53. The molecule has 0 saturated carbocycles. The van der Waals surface area contributed by atoms with Gasteiger partial charge in [0, 0.05) is 29.6 Å². The molecule has 3 heteroatoms. The smallest absolute Gasteiger partial charge is 0.223 e. The Morgan fingerprint density at radius 3 is 3.00 bits per heavy atom. The molecule has 0 bridgehead atoms. The summed E-state index contributed by atoms with van der Waals surface area (Å²) in [7, 11) is 0. The van der Waals surface area contributed by atoms with E-state index in [0.717, 1.165) is 19.4 Å². The third-order valence-electron chi connectivity index (χ3n) is 4.12. The predicted molar refractivity (Wildman–Crippen MR) is 77.0 cm³/mol. The van der Waals surface area contributed by atoms with E-state index in [0.29, 0.717) is 6.42 Å². The molecule has 0 spiro atoms. The highest BCUT2D eigenvalue weighted by molar-refractivity contribution is 5.86. The van der Waals surface area contributed by atoms with Gasteiger partial charge in [-0.3, -0.25) is 4.79 Å². The van der Waals surface area contributed by atoms with E-state index in [1.165, 1.54) is 22.2 Å². The number of carbonyl (C=O) groups excluding carboxylic acids is 1. The number of amides is 1. The Morgan fingerprint density at radius 1 is 1.42 bits per heavy atom. The van der Waals surface area contributed by atoms with Gasteiger partial charge in [0.25, 0.3) is 0 Å². The zero-order valence-corrected chi connectivity index (χ0v) is 11.6. The number of nitrogens with zero attached hydrogens (tertiary/aromatic N) is 1. The number of aromatic nitrogens is 1. The van der Waals surface area contributed by atoms with Crippen molar-refractivity contribution in [3.05, 3.63) is 35.5 Å². The monoisotopic (exact) mass is 256 g/mol. The summed E-state index contributed by atoms with van der Waals surface area (Å²) >= 11 is 0. The summed E-state index contributed by atoms with van der Waals surface area (Å²) in [4.78, 5) is 17.7. The molecular weight excluding hydrogens is 236 g/mol. The van der Waals surface area contributed by atoms with Gasteiger partial charge in [0.1, 0.15) is 0 Å². The topological polar surface area (TPSA) is 36.1 Å². The Labute approximate surface area is 113 Å². The van der Waals surface area contributed by atoms with Gasteiger partial charge in [-0.25, -0.2) is 0 Å². The largest absolute Gasteiger partial charge is 0.356 e. The van der Waals surface area contributed by atoms with Crippen LogP contribution in [-0.4, -0.2) is 22.3 Å². The first-order valence-corrected chi connectivity index (χ1v) is 7.11. The van der Waals surface area contributed by atoms with Crippen molar-refractivity contribution in [2.75, 3.05) is 6.54 Å². The molecule has 2 heterocycles. The summed E-state index contributed by atoms with van der Waals surface area (Å²) < 4.78 is 0. The van der Waals surface area contributed by atoms with Crippen LogP contribution < -0.4 is 0 Å². The molecule has 3 rings (SSSR count). The fourth-order valence-corrected chi connectivity index (χ4v) is 3.13. The standard InChI is InChI=1S/C16H20N2O/c1-3-6-15(19)18-10-9-13-12-7-4-5-8-14(12)17-16(13)11(18)2/h4-5,7-8,11,17H,3,6,9-10H2,1-2H3. The molecular formula is C16H20N2O. The molecule has 3 nitrogen and oxygen atoms in total. The average Bonchev–Trinajstić information content (AvgIpc) is 2.79. The lowest BCUT2D eigenvalue weighted by molar-refractivity contribution is -0.133. The lowest BCUT2D eigenvalue weighted by Crippen LogP contribution is -2.38. The molecule has 1 unspecified atom stereocenters. The summed E-state index contributed by atoms with van der Waals surface area (Å²) in [5.41, 5.74) is 3.80. The maximum atomic E-state index is 12.1. The molecule has 1 N–H and O–H groups in total. The molecule has 0 saturated heterocycles. The zero-order valence-electron chi connectivity index (χ0n) is 11.6. The van der Waals surface area contributed by atoms with Crippen molar-refractivity contribution in [1.29, 1.82) is 0 Å². The second kappa shape index (κ2) is 4.72. The van der Waals surface area contributed by atoms with Crippen molar-refractivity contribution in [3.8, 4) is 0 Å². The molecule has 100 valence electrons. The van der Waals surface area contributed by atoms with E-state index in [1.807, 2.05) is 4.90 Å². The maximum absolute atomic E-state index is 12.1. The maximum Gasteiger partial charge on any atom is 0.223 e. The third-order valence-corrected chi connectivity index (χ3v) is 4.12. The number of nitrogens with one attached hydrogen (secondary N) is 1. The van der Waals surface area contributed by atoms with E-state index in [4.69, 9.17) is 0 Å². The van der Waals surface area contributed by atoms with Gasteiger partial charge in [0.15, 0.2) is 0 Å². The van der Waals surface area contributed by atoms with E-state index in [9.17, 15) is 4.79 Å². The number of aromatic amines is 1. The number of benzene rings is 1. The quantitative estimate of drug-likeness (QED) is 0.878. The molecule has 1 amide bonds. The minimum Gasteiger partial charge on any atom is -0.356 e. The van der Waals surface area contributed by atoms with Crippen LogP contribution in [-0.2, 0) is 11.2 Å². The molecule has 0 fully saturated rings. The van der Waals surface area contributed by atoms with Crippen molar-refractivity contribution in [2.45, 2.75) is 39.2 Å². The Bertz CT molecular complexity index is 614. The van der Waals surface area contributed by atoms with E-state index >= 15 is 0 Å². The fourth-order valence-electron chi connectivity index (χ4n) is 3.13. The Hall–Kier alpha value is -1.77. The SMILES string of the molecule is CCCC(=O)N1CCc2c([nH]c3ccccc23)C1C. The highest BCUT2D eigenvalue weighted by Crippen LogP contribution is 2.34. The zero-order chi connectivity index (χ0) is 13.4.